The molecule has 0 bridgehead atoms. The van der Waals surface area contributed by atoms with Crippen LogP contribution in [0.25, 0.3) is 0 Å². The molecule has 0 aliphatic heterocycles. The molecule has 1 aromatic heterocycles. The summed E-state index contributed by atoms with van der Waals surface area (Å²) in [6.45, 7) is 0.549. The average molecular weight is 263 g/mol. The zero-order chi connectivity index (χ0) is 13.2. The van der Waals surface area contributed by atoms with Crippen LogP contribution in [0.3, 0.4) is 0 Å². The summed E-state index contributed by atoms with van der Waals surface area (Å²) in [5, 5.41) is 3.57. The van der Waals surface area contributed by atoms with Crippen LogP contribution in [0.2, 0.25) is 0 Å². The van der Waals surface area contributed by atoms with Gasteiger partial charge in [-0.2, -0.15) is 18.2 Å². The first kappa shape index (κ1) is 13.3. The maximum atomic E-state index is 12.0. The lowest BCUT2D eigenvalue weighted by Gasteiger charge is -2.39. The quantitative estimate of drug-likeness (QED) is 0.884. The Morgan fingerprint density at radius 2 is 2.06 bits per heavy atom. The van der Waals surface area contributed by atoms with Crippen molar-refractivity contribution in [1.82, 2.24) is 10.1 Å². The normalized spacial score (nSPS) is 18.7. The van der Waals surface area contributed by atoms with Crippen molar-refractivity contribution in [3.8, 4) is 0 Å². The van der Waals surface area contributed by atoms with Crippen LogP contribution >= 0.6 is 0 Å². The third-order valence-electron chi connectivity index (χ3n) is 3.52. The number of nitrogens with zero attached hydrogens (tertiary/aromatic N) is 2. The highest BCUT2D eigenvalue weighted by atomic mass is 19.4. The minimum Gasteiger partial charge on any atom is -0.339 e. The molecule has 7 heteroatoms. The van der Waals surface area contributed by atoms with Gasteiger partial charge in [0.05, 0.1) is 6.42 Å². The molecule has 0 unspecified atom stereocenters. The fourth-order valence-corrected chi connectivity index (χ4v) is 2.17. The van der Waals surface area contributed by atoms with Crippen LogP contribution in [0, 0.1) is 5.41 Å². The Kier molecular flexibility index (Phi) is 3.61. The summed E-state index contributed by atoms with van der Waals surface area (Å²) in [7, 11) is 0. The van der Waals surface area contributed by atoms with Gasteiger partial charge in [-0.25, -0.2) is 0 Å². The highest BCUT2D eigenvalue weighted by Gasteiger charge is 2.37. The number of aromatic nitrogens is 2. The fourth-order valence-electron chi connectivity index (χ4n) is 2.17. The molecule has 0 aromatic carbocycles. The molecule has 1 aromatic rings. The van der Waals surface area contributed by atoms with E-state index in [0.29, 0.717) is 18.9 Å². The fraction of sp³-hybridized carbons (Fsp3) is 0.818. The molecule has 0 atom stereocenters. The van der Waals surface area contributed by atoms with Crippen molar-refractivity contribution < 1.29 is 17.7 Å². The molecule has 2 N–H and O–H groups in total. The second kappa shape index (κ2) is 4.87. The predicted octanol–water partition coefficient (Wildman–Crippen LogP) is 2.24. The van der Waals surface area contributed by atoms with E-state index in [1.807, 2.05) is 0 Å². The molecular formula is C11H16F3N3O. The van der Waals surface area contributed by atoms with Crippen molar-refractivity contribution >= 4 is 0 Å². The van der Waals surface area contributed by atoms with E-state index < -0.39 is 12.6 Å². The number of rotatable bonds is 5. The van der Waals surface area contributed by atoms with Crippen molar-refractivity contribution in [3.63, 3.8) is 0 Å². The van der Waals surface area contributed by atoms with E-state index in [1.165, 1.54) is 0 Å². The van der Waals surface area contributed by atoms with Gasteiger partial charge in [-0.3, -0.25) is 0 Å². The first-order valence-corrected chi connectivity index (χ1v) is 6.01. The molecule has 1 aliphatic rings. The van der Waals surface area contributed by atoms with Crippen LogP contribution in [-0.2, 0) is 12.8 Å². The summed E-state index contributed by atoms with van der Waals surface area (Å²) in [5.74, 6) is 0.520. The van der Waals surface area contributed by atoms with Crippen LogP contribution in [0.15, 0.2) is 4.52 Å². The molecular weight excluding hydrogens is 247 g/mol. The largest absolute Gasteiger partial charge is 0.389 e. The molecule has 1 aliphatic carbocycles. The maximum absolute atomic E-state index is 12.0. The van der Waals surface area contributed by atoms with E-state index in [9.17, 15) is 13.2 Å². The second-order valence-corrected chi connectivity index (χ2v) is 4.95. The van der Waals surface area contributed by atoms with Crippen molar-refractivity contribution in [2.75, 3.05) is 6.54 Å². The summed E-state index contributed by atoms with van der Waals surface area (Å²) >= 11 is 0. The van der Waals surface area contributed by atoms with Crippen LogP contribution in [0.4, 0.5) is 13.2 Å². The molecule has 0 saturated heterocycles. The predicted molar refractivity (Wildman–Crippen MR) is 57.7 cm³/mol. The van der Waals surface area contributed by atoms with Crippen molar-refractivity contribution in [2.24, 2.45) is 11.1 Å². The van der Waals surface area contributed by atoms with Gasteiger partial charge >= 0.3 is 6.18 Å². The smallest absolute Gasteiger partial charge is 0.339 e. The van der Waals surface area contributed by atoms with Gasteiger partial charge in [0.1, 0.15) is 0 Å². The lowest BCUT2D eigenvalue weighted by molar-refractivity contribution is -0.134. The number of alkyl halides is 3. The lowest BCUT2D eigenvalue weighted by atomic mass is 9.67. The summed E-state index contributed by atoms with van der Waals surface area (Å²) < 4.78 is 41.1. The van der Waals surface area contributed by atoms with Gasteiger partial charge in [-0.15, -0.1) is 0 Å². The Hall–Kier alpha value is -1.11. The summed E-state index contributed by atoms with van der Waals surface area (Å²) in [6.07, 6.45) is -1.60. The van der Waals surface area contributed by atoms with Crippen LogP contribution < -0.4 is 5.73 Å². The number of hydrogen-bond acceptors (Lipinski definition) is 4. The van der Waals surface area contributed by atoms with Gasteiger partial charge < -0.3 is 10.3 Å². The minimum absolute atomic E-state index is 0.0217. The maximum Gasteiger partial charge on any atom is 0.389 e. The molecule has 18 heavy (non-hydrogen) atoms. The second-order valence-electron chi connectivity index (χ2n) is 4.95. The summed E-state index contributed by atoms with van der Waals surface area (Å²) in [5.41, 5.74) is 5.72. The minimum atomic E-state index is -4.19. The third-order valence-corrected chi connectivity index (χ3v) is 3.52. The molecule has 1 fully saturated rings. The van der Waals surface area contributed by atoms with Gasteiger partial charge in [0.25, 0.3) is 0 Å². The van der Waals surface area contributed by atoms with Crippen LogP contribution in [0.5, 0.6) is 0 Å². The molecule has 2 rings (SSSR count). The Morgan fingerprint density at radius 1 is 1.33 bits per heavy atom. The number of nitrogens with two attached hydrogens (primary N) is 1. The molecule has 0 spiro atoms. The van der Waals surface area contributed by atoms with Gasteiger partial charge in [-0.05, 0) is 24.8 Å². The monoisotopic (exact) mass is 263 g/mol. The van der Waals surface area contributed by atoms with Gasteiger partial charge in [0, 0.05) is 12.8 Å². The van der Waals surface area contributed by atoms with E-state index in [1.54, 1.807) is 0 Å². The highest BCUT2D eigenvalue weighted by molar-refractivity contribution is 4.98. The number of aryl methyl sites for hydroxylation is 1. The summed E-state index contributed by atoms with van der Waals surface area (Å²) in [6, 6.07) is 0. The molecule has 102 valence electrons. The van der Waals surface area contributed by atoms with E-state index in [0.717, 1.165) is 19.3 Å². The van der Waals surface area contributed by atoms with Gasteiger partial charge in [0.2, 0.25) is 5.89 Å². The van der Waals surface area contributed by atoms with E-state index >= 15 is 0 Å². The third kappa shape index (κ3) is 3.22. The Labute approximate surface area is 103 Å². The SMILES string of the molecule is NCC1(Cc2nc(CCC(F)(F)F)no2)CCC1. The Bertz CT molecular complexity index is 393. The van der Waals surface area contributed by atoms with Crippen molar-refractivity contribution in [1.29, 1.82) is 0 Å². The zero-order valence-corrected chi connectivity index (χ0v) is 9.96. The topological polar surface area (TPSA) is 64.9 Å². The molecule has 0 radical (unpaired) electrons. The molecule has 0 amide bonds. The molecule has 1 saturated carbocycles. The summed E-state index contributed by atoms with van der Waals surface area (Å²) in [4.78, 5) is 3.99. The van der Waals surface area contributed by atoms with E-state index in [-0.39, 0.29) is 17.7 Å². The number of hydrogen-bond donors (Lipinski definition) is 1. The van der Waals surface area contributed by atoms with Crippen LogP contribution in [-0.4, -0.2) is 22.9 Å². The van der Waals surface area contributed by atoms with Crippen molar-refractivity contribution in [2.45, 2.75) is 44.7 Å². The average Bonchev–Trinajstić information content (AvgIpc) is 2.67. The Morgan fingerprint density at radius 3 is 2.56 bits per heavy atom. The first-order valence-electron chi connectivity index (χ1n) is 6.01. The Balaban J connectivity index is 1.90. The highest BCUT2D eigenvalue weighted by Crippen LogP contribution is 2.42. The van der Waals surface area contributed by atoms with E-state index in [2.05, 4.69) is 10.1 Å². The van der Waals surface area contributed by atoms with Crippen molar-refractivity contribution in [3.05, 3.63) is 11.7 Å². The molecule has 1 heterocycles. The number of halogens is 3. The standard InChI is InChI=1S/C11H16F3N3O/c12-11(13,14)5-2-8-16-9(18-17-8)6-10(7-15)3-1-4-10/h1-7,15H2. The first-order chi connectivity index (χ1) is 8.42. The lowest BCUT2D eigenvalue weighted by Crippen LogP contribution is -2.39. The zero-order valence-electron chi connectivity index (χ0n) is 9.96. The van der Waals surface area contributed by atoms with Crippen LogP contribution in [0.1, 0.15) is 37.4 Å². The van der Waals surface area contributed by atoms with E-state index in [4.69, 9.17) is 10.3 Å². The van der Waals surface area contributed by atoms with Gasteiger partial charge in [-0.1, -0.05) is 11.6 Å². The molecule has 4 nitrogen and oxygen atoms in total. The van der Waals surface area contributed by atoms with Gasteiger partial charge in [0.15, 0.2) is 5.82 Å².